The number of anilines is 1. The van der Waals surface area contributed by atoms with Gasteiger partial charge in [0, 0.05) is 37.3 Å². The quantitative estimate of drug-likeness (QED) is 0.508. The van der Waals surface area contributed by atoms with Gasteiger partial charge in [0.25, 0.3) is 0 Å². The van der Waals surface area contributed by atoms with Crippen molar-refractivity contribution >= 4 is 16.7 Å². The van der Waals surface area contributed by atoms with Crippen LogP contribution in [0.3, 0.4) is 0 Å². The SMILES string of the molecule is COc1c(-c2ccnn2C)cc2ccoc2c1N(C)[C@H]1CCCN[C@H]1c1ccccc1. The number of likely N-dealkylation sites (N-methyl/N-ethyl adjacent to an activating group) is 1. The molecule has 0 spiro atoms. The number of aromatic nitrogens is 2. The summed E-state index contributed by atoms with van der Waals surface area (Å²) in [6.45, 7) is 1.02. The lowest BCUT2D eigenvalue weighted by atomic mass is 9.90. The third-order valence-corrected chi connectivity index (χ3v) is 6.41. The highest BCUT2D eigenvalue weighted by Crippen LogP contribution is 2.46. The maximum Gasteiger partial charge on any atom is 0.161 e. The Balaban J connectivity index is 1.66. The second-order valence-electron chi connectivity index (χ2n) is 8.15. The van der Waals surface area contributed by atoms with Crippen LogP contribution >= 0.6 is 0 Å². The van der Waals surface area contributed by atoms with Crippen LogP contribution in [0.1, 0.15) is 24.4 Å². The van der Waals surface area contributed by atoms with Gasteiger partial charge in [-0.15, -0.1) is 0 Å². The molecule has 0 unspecified atom stereocenters. The summed E-state index contributed by atoms with van der Waals surface area (Å²) < 4.78 is 13.9. The number of furan rings is 1. The second-order valence-corrected chi connectivity index (χ2v) is 8.15. The molecular formula is C25H28N4O2. The van der Waals surface area contributed by atoms with E-state index in [0.29, 0.717) is 0 Å². The average molecular weight is 417 g/mol. The van der Waals surface area contributed by atoms with Crippen LogP contribution in [0.15, 0.2) is 65.4 Å². The highest BCUT2D eigenvalue weighted by atomic mass is 16.5. The number of rotatable bonds is 5. The Labute approximate surface area is 182 Å². The molecule has 1 N–H and O–H groups in total. The number of hydrogen-bond donors (Lipinski definition) is 1. The van der Waals surface area contributed by atoms with Crippen LogP contribution in [-0.4, -0.2) is 36.5 Å². The fourth-order valence-electron chi connectivity index (χ4n) is 4.89. The molecule has 2 aromatic heterocycles. The first kappa shape index (κ1) is 19.7. The highest BCUT2D eigenvalue weighted by Gasteiger charge is 2.33. The summed E-state index contributed by atoms with van der Waals surface area (Å²) in [5.74, 6) is 0.811. The van der Waals surface area contributed by atoms with Gasteiger partial charge in [0.05, 0.1) is 25.1 Å². The van der Waals surface area contributed by atoms with Crippen LogP contribution < -0.4 is 15.0 Å². The van der Waals surface area contributed by atoms with E-state index >= 15 is 0 Å². The molecule has 160 valence electrons. The molecule has 0 radical (unpaired) electrons. The zero-order valence-electron chi connectivity index (χ0n) is 18.2. The summed E-state index contributed by atoms with van der Waals surface area (Å²) in [6, 6.07) is 17.3. The van der Waals surface area contributed by atoms with Gasteiger partial charge in [0.2, 0.25) is 0 Å². The van der Waals surface area contributed by atoms with Crippen molar-refractivity contribution in [1.29, 1.82) is 0 Å². The van der Waals surface area contributed by atoms with Gasteiger partial charge in [-0.05, 0) is 43.1 Å². The summed E-state index contributed by atoms with van der Waals surface area (Å²) >= 11 is 0. The zero-order chi connectivity index (χ0) is 21.4. The van der Waals surface area contributed by atoms with Gasteiger partial charge in [-0.3, -0.25) is 4.68 Å². The normalized spacial score (nSPS) is 18.9. The van der Waals surface area contributed by atoms with Crippen molar-refractivity contribution in [2.24, 2.45) is 7.05 Å². The van der Waals surface area contributed by atoms with Crippen LogP contribution in [0, 0.1) is 0 Å². The minimum Gasteiger partial charge on any atom is -0.494 e. The maximum atomic E-state index is 6.02. The van der Waals surface area contributed by atoms with Crippen LogP contribution in [0.25, 0.3) is 22.2 Å². The monoisotopic (exact) mass is 416 g/mol. The predicted molar refractivity (Wildman–Crippen MR) is 124 cm³/mol. The number of benzene rings is 2. The molecule has 5 rings (SSSR count). The number of methoxy groups -OCH3 is 1. The Hall–Kier alpha value is -3.25. The standard InChI is InChI=1S/C25H28N4O2/c1-28(21-10-7-13-26-22(21)17-8-5-4-6-9-17)23-24-18(12-15-31-24)16-19(25(23)30-3)20-11-14-27-29(20)2/h4-6,8-9,11-12,14-16,21-22,26H,7,10,13H2,1-3H3/t21-,22-/m0/s1. The van der Waals surface area contributed by atoms with Crippen molar-refractivity contribution in [3.05, 3.63) is 66.6 Å². The Kier molecular flexibility index (Phi) is 5.16. The van der Waals surface area contributed by atoms with Gasteiger partial charge in [0.15, 0.2) is 11.3 Å². The average Bonchev–Trinajstić information content (AvgIpc) is 3.46. The molecule has 1 aliphatic heterocycles. The molecule has 1 aliphatic rings. The third kappa shape index (κ3) is 3.37. The third-order valence-electron chi connectivity index (χ3n) is 6.41. The van der Waals surface area contributed by atoms with E-state index in [1.54, 1.807) is 13.4 Å². The van der Waals surface area contributed by atoms with Crippen molar-refractivity contribution < 1.29 is 9.15 Å². The van der Waals surface area contributed by atoms with Crippen molar-refractivity contribution in [3.63, 3.8) is 0 Å². The number of aryl methyl sites for hydroxylation is 1. The Bertz CT molecular complexity index is 1180. The van der Waals surface area contributed by atoms with Crippen LogP contribution in [-0.2, 0) is 7.05 Å². The van der Waals surface area contributed by atoms with Crippen LogP contribution in [0.2, 0.25) is 0 Å². The van der Waals surface area contributed by atoms with Crippen molar-refractivity contribution in [2.75, 3.05) is 25.6 Å². The number of nitrogens with zero attached hydrogens (tertiary/aromatic N) is 3. The molecule has 0 amide bonds. The molecule has 0 saturated carbocycles. The summed E-state index contributed by atoms with van der Waals surface area (Å²) in [4.78, 5) is 2.34. The van der Waals surface area contributed by atoms with E-state index in [1.165, 1.54) is 5.56 Å². The molecule has 3 heterocycles. The van der Waals surface area contributed by atoms with Gasteiger partial charge in [-0.1, -0.05) is 30.3 Å². The first-order valence-corrected chi connectivity index (χ1v) is 10.8. The largest absolute Gasteiger partial charge is 0.494 e. The number of nitrogens with one attached hydrogen (secondary N) is 1. The summed E-state index contributed by atoms with van der Waals surface area (Å²) in [7, 11) is 5.84. The Morgan fingerprint density at radius 3 is 2.77 bits per heavy atom. The minimum absolute atomic E-state index is 0.232. The van der Waals surface area contributed by atoms with Crippen molar-refractivity contribution in [2.45, 2.75) is 24.9 Å². The lowest BCUT2D eigenvalue weighted by Crippen LogP contribution is -2.47. The fraction of sp³-hybridized carbons (Fsp3) is 0.320. The van der Waals surface area contributed by atoms with Gasteiger partial charge in [0.1, 0.15) is 5.69 Å². The Morgan fingerprint density at radius 2 is 2.03 bits per heavy atom. The van der Waals surface area contributed by atoms with E-state index < -0.39 is 0 Å². The van der Waals surface area contributed by atoms with Crippen molar-refractivity contribution in [3.8, 4) is 17.0 Å². The molecular weight excluding hydrogens is 388 g/mol. The molecule has 6 nitrogen and oxygen atoms in total. The molecule has 1 fully saturated rings. The maximum absolute atomic E-state index is 6.02. The van der Waals surface area contributed by atoms with Crippen LogP contribution in [0.4, 0.5) is 5.69 Å². The van der Waals surface area contributed by atoms with Gasteiger partial charge in [-0.2, -0.15) is 5.10 Å². The van der Waals surface area contributed by atoms with E-state index in [4.69, 9.17) is 9.15 Å². The molecule has 4 aromatic rings. The lowest BCUT2D eigenvalue weighted by Gasteiger charge is -2.40. The molecule has 0 bridgehead atoms. The van der Waals surface area contributed by atoms with E-state index in [9.17, 15) is 0 Å². The number of fused-ring (bicyclic) bond motifs is 1. The predicted octanol–water partition coefficient (Wildman–Crippen LogP) is 4.77. The summed E-state index contributed by atoms with van der Waals surface area (Å²) in [6.07, 6.45) is 5.78. The van der Waals surface area contributed by atoms with Gasteiger partial charge >= 0.3 is 0 Å². The first-order chi connectivity index (χ1) is 15.2. The molecule has 1 saturated heterocycles. The molecule has 0 aliphatic carbocycles. The second kappa shape index (κ2) is 8.12. The summed E-state index contributed by atoms with van der Waals surface area (Å²) in [5.41, 5.74) is 5.16. The first-order valence-electron chi connectivity index (χ1n) is 10.8. The molecule has 6 heteroatoms. The number of piperidine rings is 1. The number of ether oxygens (including phenoxy) is 1. The lowest BCUT2D eigenvalue weighted by molar-refractivity contribution is 0.344. The van der Waals surface area contributed by atoms with Gasteiger partial charge < -0.3 is 19.4 Å². The summed E-state index contributed by atoms with van der Waals surface area (Å²) in [5, 5.41) is 9.16. The van der Waals surface area contributed by atoms with E-state index in [-0.39, 0.29) is 12.1 Å². The zero-order valence-corrected chi connectivity index (χ0v) is 18.2. The van der Waals surface area contributed by atoms with Crippen molar-refractivity contribution in [1.82, 2.24) is 15.1 Å². The Morgan fingerprint density at radius 1 is 1.19 bits per heavy atom. The molecule has 2 atom stereocenters. The molecule has 31 heavy (non-hydrogen) atoms. The fourth-order valence-corrected chi connectivity index (χ4v) is 4.89. The van der Waals surface area contributed by atoms with E-state index in [2.05, 4.69) is 58.8 Å². The highest BCUT2D eigenvalue weighted by molar-refractivity contribution is 5.99. The number of hydrogen-bond acceptors (Lipinski definition) is 5. The van der Waals surface area contributed by atoms with E-state index in [0.717, 1.165) is 53.0 Å². The molecule has 2 aromatic carbocycles. The van der Waals surface area contributed by atoms with E-state index in [1.807, 2.05) is 30.1 Å². The topological polar surface area (TPSA) is 55.5 Å². The van der Waals surface area contributed by atoms with Gasteiger partial charge in [-0.25, -0.2) is 0 Å². The minimum atomic E-state index is 0.232. The smallest absolute Gasteiger partial charge is 0.161 e. The van der Waals surface area contributed by atoms with Crippen LogP contribution in [0.5, 0.6) is 5.75 Å².